The Kier molecular flexibility index (Phi) is 3.39. The zero-order valence-electron chi connectivity index (χ0n) is 9.81. The minimum atomic E-state index is -4.18. The molecule has 0 saturated carbocycles. The van der Waals surface area contributed by atoms with E-state index in [-0.39, 0.29) is 12.6 Å². The summed E-state index contributed by atoms with van der Waals surface area (Å²) in [5, 5.41) is 0. The van der Waals surface area contributed by atoms with Gasteiger partial charge in [-0.25, -0.2) is 17.2 Å². The third-order valence-electron chi connectivity index (χ3n) is 3.24. The van der Waals surface area contributed by atoms with Gasteiger partial charge in [0.1, 0.15) is 11.6 Å². The summed E-state index contributed by atoms with van der Waals surface area (Å²) < 4.78 is 52.6. The molecule has 2 atom stereocenters. The number of rotatable bonds is 2. The standard InChI is InChI=1S/C11H14F2N2O2S/c1-7-10(14)5-6-15(7)18(16,17)11-8(12)3-2-4-9(11)13/h2-4,7,10H,5-6,14H2,1H3. The number of hydrogen-bond acceptors (Lipinski definition) is 3. The summed E-state index contributed by atoms with van der Waals surface area (Å²) >= 11 is 0. The fourth-order valence-electron chi connectivity index (χ4n) is 2.12. The Morgan fingerprint density at radius 2 is 1.89 bits per heavy atom. The highest BCUT2D eigenvalue weighted by molar-refractivity contribution is 7.89. The summed E-state index contributed by atoms with van der Waals surface area (Å²) in [4.78, 5) is -0.897. The molecule has 0 aromatic heterocycles. The minimum Gasteiger partial charge on any atom is -0.326 e. The highest BCUT2D eigenvalue weighted by Crippen LogP contribution is 2.28. The lowest BCUT2D eigenvalue weighted by atomic mass is 10.2. The SMILES string of the molecule is CC1C(N)CCN1S(=O)(=O)c1c(F)cccc1F. The maximum Gasteiger partial charge on any atom is 0.249 e. The van der Waals surface area contributed by atoms with Crippen molar-refractivity contribution < 1.29 is 17.2 Å². The van der Waals surface area contributed by atoms with Crippen LogP contribution in [0.5, 0.6) is 0 Å². The van der Waals surface area contributed by atoms with E-state index in [9.17, 15) is 17.2 Å². The molecule has 2 unspecified atom stereocenters. The number of nitrogens with two attached hydrogens (primary N) is 1. The molecule has 1 heterocycles. The molecule has 1 aromatic rings. The molecule has 0 amide bonds. The van der Waals surface area contributed by atoms with E-state index >= 15 is 0 Å². The summed E-state index contributed by atoms with van der Waals surface area (Å²) in [6, 6.07) is 2.21. The van der Waals surface area contributed by atoms with Gasteiger partial charge in [-0.15, -0.1) is 0 Å². The largest absolute Gasteiger partial charge is 0.326 e. The van der Waals surface area contributed by atoms with Gasteiger partial charge in [0.25, 0.3) is 0 Å². The van der Waals surface area contributed by atoms with E-state index in [2.05, 4.69) is 0 Å². The summed E-state index contributed by atoms with van der Waals surface area (Å²) in [6.45, 7) is 1.81. The van der Waals surface area contributed by atoms with Crippen molar-refractivity contribution in [3.05, 3.63) is 29.8 Å². The highest BCUT2D eigenvalue weighted by atomic mass is 32.2. The number of halogens is 2. The molecule has 0 radical (unpaired) electrons. The third kappa shape index (κ3) is 2.02. The van der Waals surface area contributed by atoms with E-state index in [1.54, 1.807) is 6.92 Å². The zero-order valence-corrected chi connectivity index (χ0v) is 10.6. The van der Waals surface area contributed by atoms with Crippen LogP contribution in [0.2, 0.25) is 0 Å². The van der Waals surface area contributed by atoms with Crippen molar-refractivity contribution >= 4 is 10.0 Å². The molecular weight excluding hydrogens is 262 g/mol. The molecule has 0 bridgehead atoms. The highest BCUT2D eigenvalue weighted by Gasteiger charge is 2.39. The first kappa shape index (κ1) is 13.4. The Hall–Kier alpha value is -1.05. The van der Waals surface area contributed by atoms with Crippen LogP contribution in [-0.4, -0.2) is 31.4 Å². The van der Waals surface area contributed by atoms with Gasteiger partial charge in [0, 0.05) is 18.6 Å². The summed E-state index contributed by atoms with van der Waals surface area (Å²) in [5.74, 6) is -2.16. The Labute approximate surface area is 104 Å². The molecule has 2 rings (SSSR count). The molecule has 18 heavy (non-hydrogen) atoms. The maximum absolute atomic E-state index is 13.5. The van der Waals surface area contributed by atoms with Crippen LogP contribution in [0.25, 0.3) is 0 Å². The fourth-order valence-corrected chi connectivity index (χ4v) is 3.92. The molecule has 1 saturated heterocycles. The number of sulfonamides is 1. The molecule has 2 N–H and O–H groups in total. The van der Waals surface area contributed by atoms with E-state index in [0.717, 1.165) is 22.5 Å². The summed E-state index contributed by atoms with van der Waals surface area (Å²) in [7, 11) is -4.18. The lowest BCUT2D eigenvalue weighted by Crippen LogP contribution is -2.40. The first-order valence-electron chi connectivity index (χ1n) is 5.57. The van der Waals surface area contributed by atoms with Crippen LogP contribution in [0.4, 0.5) is 8.78 Å². The molecule has 1 aliphatic rings. The van der Waals surface area contributed by atoms with Crippen LogP contribution < -0.4 is 5.73 Å². The predicted octanol–water partition coefficient (Wildman–Crippen LogP) is 1.07. The van der Waals surface area contributed by atoms with E-state index in [1.807, 2.05) is 0 Å². The van der Waals surface area contributed by atoms with Gasteiger partial charge in [0.15, 0.2) is 4.90 Å². The second kappa shape index (κ2) is 4.56. The third-order valence-corrected chi connectivity index (χ3v) is 5.28. The summed E-state index contributed by atoms with van der Waals surface area (Å²) in [6.07, 6.45) is 0.483. The number of nitrogens with zero attached hydrogens (tertiary/aromatic N) is 1. The van der Waals surface area contributed by atoms with Crippen LogP contribution in [0, 0.1) is 11.6 Å². The number of hydrogen-bond donors (Lipinski definition) is 1. The topological polar surface area (TPSA) is 63.4 Å². The van der Waals surface area contributed by atoms with Gasteiger partial charge in [0.2, 0.25) is 10.0 Å². The van der Waals surface area contributed by atoms with Crippen molar-refractivity contribution in [2.24, 2.45) is 5.73 Å². The Morgan fingerprint density at radius 3 is 2.33 bits per heavy atom. The van der Waals surface area contributed by atoms with Crippen molar-refractivity contribution in [3.8, 4) is 0 Å². The first-order chi connectivity index (χ1) is 8.35. The average Bonchev–Trinajstić information content (AvgIpc) is 2.59. The molecule has 1 aromatic carbocycles. The lowest BCUT2D eigenvalue weighted by Gasteiger charge is -2.23. The predicted molar refractivity (Wildman–Crippen MR) is 62.3 cm³/mol. The second-order valence-corrected chi connectivity index (χ2v) is 6.19. The van der Waals surface area contributed by atoms with Gasteiger partial charge in [-0.05, 0) is 25.5 Å². The fraction of sp³-hybridized carbons (Fsp3) is 0.455. The lowest BCUT2D eigenvalue weighted by molar-refractivity contribution is 0.386. The Morgan fingerprint density at radius 1 is 1.33 bits per heavy atom. The van der Waals surface area contributed by atoms with E-state index in [1.165, 1.54) is 0 Å². The van der Waals surface area contributed by atoms with Crippen LogP contribution in [-0.2, 0) is 10.0 Å². The zero-order chi connectivity index (χ0) is 13.5. The van der Waals surface area contributed by atoms with Crippen LogP contribution >= 0.6 is 0 Å². The van der Waals surface area contributed by atoms with Crippen molar-refractivity contribution in [1.29, 1.82) is 0 Å². The molecule has 4 nitrogen and oxygen atoms in total. The van der Waals surface area contributed by atoms with Gasteiger partial charge >= 0.3 is 0 Å². The van der Waals surface area contributed by atoms with Gasteiger partial charge in [-0.1, -0.05) is 6.07 Å². The van der Waals surface area contributed by atoms with Crippen molar-refractivity contribution in [2.75, 3.05) is 6.54 Å². The maximum atomic E-state index is 13.5. The molecule has 100 valence electrons. The van der Waals surface area contributed by atoms with Crippen LogP contribution in [0.1, 0.15) is 13.3 Å². The monoisotopic (exact) mass is 276 g/mol. The summed E-state index contributed by atoms with van der Waals surface area (Å²) in [5.41, 5.74) is 5.73. The molecule has 1 fully saturated rings. The molecule has 1 aliphatic heterocycles. The molecule has 0 aliphatic carbocycles. The van der Waals surface area contributed by atoms with E-state index in [0.29, 0.717) is 6.42 Å². The van der Waals surface area contributed by atoms with Gasteiger partial charge in [0.05, 0.1) is 0 Å². The molecule has 7 heteroatoms. The normalized spacial score (nSPS) is 25.6. The first-order valence-corrected chi connectivity index (χ1v) is 7.01. The van der Waals surface area contributed by atoms with Crippen LogP contribution in [0.15, 0.2) is 23.1 Å². The van der Waals surface area contributed by atoms with Gasteiger partial charge < -0.3 is 5.73 Å². The van der Waals surface area contributed by atoms with Crippen molar-refractivity contribution in [3.63, 3.8) is 0 Å². The molecular formula is C11H14F2N2O2S. The van der Waals surface area contributed by atoms with Gasteiger partial charge in [-0.2, -0.15) is 4.31 Å². The quantitative estimate of drug-likeness (QED) is 0.879. The second-order valence-electron chi connectivity index (χ2n) is 4.36. The Balaban J connectivity index is 2.50. The van der Waals surface area contributed by atoms with E-state index in [4.69, 9.17) is 5.73 Å². The Bertz CT molecular complexity index is 542. The van der Waals surface area contributed by atoms with Crippen LogP contribution in [0.3, 0.4) is 0 Å². The minimum absolute atomic E-state index is 0.179. The van der Waals surface area contributed by atoms with E-state index < -0.39 is 32.6 Å². The molecule has 0 spiro atoms. The number of benzene rings is 1. The smallest absolute Gasteiger partial charge is 0.249 e. The van der Waals surface area contributed by atoms with Crippen molar-refractivity contribution in [2.45, 2.75) is 30.3 Å². The van der Waals surface area contributed by atoms with Gasteiger partial charge in [-0.3, -0.25) is 0 Å². The average molecular weight is 276 g/mol. The van der Waals surface area contributed by atoms with Crippen molar-refractivity contribution in [1.82, 2.24) is 4.31 Å².